The molecule has 0 saturated carbocycles. The van der Waals surface area contributed by atoms with Gasteiger partial charge in [-0.15, -0.1) is 0 Å². The van der Waals surface area contributed by atoms with Crippen LogP contribution < -0.4 is 0 Å². The molecule has 0 aliphatic heterocycles. The van der Waals surface area contributed by atoms with Crippen LogP contribution in [0.25, 0.3) is 0 Å². The number of para-hydroxylation sites is 1. The van der Waals surface area contributed by atoms with Gasteiger partial charge in [-0.3, -0.25) is 0 Å². The van der Waals surface area contributed by atoms with E-state index in [2.05, 4.69) is 0 Å². The van der Waals surface area contributed by atoms with E-state index in [0.29, 0.717) is 16.3 Å². The summed E-state index contributed by atoms with van der Waals surface area (Å²) < 4.78 is 0.807. The highest BCUT2D eigenvalue weighted by atomic mass is 35.5. The van der Waals surface area contributed by atoms with Crippen molar-refractivity contribution < 1.29 is 4.74 Å². The van der Waals surface area contributed by atoms with Gasteiger partial charge in [-0.1, -0.05) is 41.9 Å². The predicted octanol–water partition coefficient (Wildman–Crippen LogP) is 3.60. The molecule has 0 radical (unpaired) electrons. The Balaban J connectivity index is 2.36. The number of hydrogen-bond donors (Lipinski definition) is 0. The van der Waals surface area contributed by atoms with Gasteiger partial charge in [0.15, 0.2) is 6.21 Å². The van der Waals surface area contributed by atoms with Crippen molar-refractivity contribution in [3.05, 3.63) is 70.4 Å². The van der Waals surface area contributed by atoms with Crippen LogP contribution in [0.3, 0.4) is 0 Å². The van der Waals surface area contributed by atoms with E-state index in [-0.39, 0.29) is 0 Å². The smallest absolute Gasteiger partial charge is 0.216 e. The van der Waals surface area contributed by atoms with Gasteiger partial charge in [-0.05, 0) is 12.1 Å². The lowest BCUT2D eigenvalue weighted by molar-refractivity contribution is -0.354. The molecule has 80 valence electrons. The largest absolute Gasteiger partial charge is 0.618 e. The van der Waals surface area contributed by atoms with Crippen LogP contribution in [-0.4, -0.2) is 11.0 Å². The molecule has 0 saturated heterocycles. The number of hydrogen-bond acceptors (Lipinski definition) is 1. The Morgan fingerprint density at radius 1 is 0.938 bits per heavy atom. The molecular formula is C13H10ClNO. The molecular weight excluding hydrogens is 222 g/mol. The predicted molar refractivity (Wildman–Crippen MR) is 66.3 cm³/mol. The second kappa shape index (κ2) is 4.81. The standard InChI is InChI=1S/C13H10ClNO/c14-13-9-5-4-6-11(13)10-15(16)12-7-2-1-3-8-12/h1-10H/b15-10-. The average Bonchev–Trinajstić information content (AvgIpc) is 2.33. The van der Waals surface area contributed by atoms with E-state index in [4.69, 9.17) is 11.6 Å². The van der Waals surface area contributed by atoms with Crippen LogP contribution in [-0.2, 0) is 0 Å². The Hall–Kier alpha value is -1.80. The highest BCUT2D eigenvalue weighted by Gasteiger charge is 2.02. The fraction of sp³-hybridized carbons (Fsp3) is 0. The van der Waals surface area contributed by atoms with Gasteiger partial charge in [-0.25, -0.2) is 0 Å². The van der Waals surface area contributed by atoms with Crippen LogP contribution in [0.4, 0.5) is 5.69 Å². The van der Waals surface area contributed by atoms with Gasteiger partial charge < -0.3 is 5.21 Å². The van der Waals surface area contributed by atoms with Gasteiger partial charge in [0.25, 0.3) is 0 Å². The highest BCUT2D eigenvalue weighted by molar-refractivity contribution is 6.32. The first-order valence-electron chi connectivity index (χ1n) is 4.88. The van der Waals surface area contributed by atoms with E-state index in [1.165, 1.54) is 6.21 Å². The lowest BCUT2D eigenvalue weighted by Gasteiger charge is -2.02. The normalized spacial score (nSPS) is 11.4. The van der Waals surface area contributed by atoms with Gasteiger partial charge in [0, 0.05) is 12.1 Å². The van der Waals surface area contributed by atoms with Crippen molar-refractivity contribution >= 4 is 23.5 Å². The third-order valence-electron chi connectivity index (χ3n) is 2.17. The molecule has 0 amide bonds. The summed E-state index contributed by atoms with van der Waals surface area (Å²) in [6.45, 7) is 0. The molecule has 0 atom stereocenters. The molecule has 0 aliphatic carbocycles. The lowest BCUT2D eigenvalue weighted by Crippen LogP contribution is -1.98. The minimum atomic E-state index is 0.569. The van der Waals surface area contributed by atoms with Gasteiger partial charge in [0.1, 0.15) is 0 Å². The molecule has 2 rings (SSSR count). The van der Waals surface area contributed by atoms with Crippen molar-refractivity contribution in [3.63, 3.8) is 0 Å². The lowest BCUT2D eigenvalue weighted by atomic mass is 10.2. The van der Waals surface area contributed by atoms with E-state index in [1.807, 2.05) is 30.3 Å². The summed E-state index contributed by atoms with van der Waals surface area (Å²) in [6, 6.07) is 16.2. The highest BCUT2D eigenvalue weighted by Crippen LogP contribution is 2.14. The van der Waals surface area contributed by atoms with Crippen molar-refractivity contribution in [1.29, 1.82) is 0 Å². The van der Waals surface area contributed by atoms with Gasteiger partial charge in [0.2, 0.25) is 5.69 Å². The molecule has 0 aromatic heterocycles. The van der Waals surface area contributed by atoms with E-state index in [1.54, 1.807) is 24.3 Å². The summed E-state index contributed by atoms with van der Waals surface area (Å²) in [5.41, 5.74) is 1.30. The topological polar surface area (TPSA) is 26.1 Å². The maximum absolute atomic E-state index is 11.8. The fourth-order valence-electron chi connectivity index (χ4n) is 1.36. The first kappa shape index (κ1) is 10.7. The molecule has 0 aliphatic rings. The minimum Gasteiger partial charge on any atom is -0.618 e. The van der Waals surface area contributed by atoms with Gasteiger partial charge in [-0.2, -0.15) is 4.74 Å². The SMILES string of the molecule is [O-]/[N+](=C\c1ccccc1Cl)c1ccccc1. The summed E-state index contributed by atoms with van der Waals surface area (Å²) in [7, 11) is 0. The summed E-state index contributed by atoms with van der Waals surface area (Å²) in [5.74, 6) is 0. The molecule has 0 N–H and O–H groups in total. The van der Waals surface area contributed by atoms with Crippen LogP contribution in [0.2, 0.25) is 5.02 Å². The Kier molecular flexibility index (Phi) is 3.22. The molecule has 16 heavy (non-hydrogen) atoms. The minimum absolute atomic E-state index is 0.569. The van der Waals surface area contributed by atoms with Crippen LogP contribution in [0.5, 0.6) is 0 Å². The van der Waals surface area contributed by atoms with Gasteiger partial charge >= 0.3 is 0 Å². The molecule has 0 spiro atoms. The van der Waals surface area contributed by atoms with Crippen molar-refractivity contribution in [2.45, 2.75) is 0 Å². The molecule has 2 nitrogen and oxygen atoms in total. The number of nitrogens with zero attached hydrogens (tertiary/aromatic N) is 1. The monoisotopic (exact) mass is 231 g/mol. The van der Waals surface area contributed by atoms with Crippen LogP contribution >= 0.6 is 11.6 Å². The molecule has 0 unspecified atom stereocenters. The quantitative estimate of drug-likeness (QED) is 0.336. The fourth-order valence-corrected chi connectivity index (χ4v) is 1.54. The van der Waals surface area contributed by atoms with Crippen molar-refractivity contribution in [2.75, 3.05) is 0 Å². The summed E-state index contributed by atoms with van der Waals surface area (Å²) in [5, 5.41) is 12.3. The van der Waals surface area contributed by atoms with Crippen molar-refractivity contribution in [1.82, 2.24) is 0 Å². The summed E-state index contributed by atoms with van der Waals surface area (Å²) >= 11 is 5.96. The molecule has 2 aromatic carbocycles. The van der Waals surface area contributed by atoms with Crippen LogP contribution in [0.1, 0.15) is 5.56 Å². The zero-order valence-electron chi connectivity index (χ0n) is 8.51. The maximum atomic E-state index is 11.8. The summed E-state index contributed by atoms with van der Waals surface area (Å²) in [4.78, 5) is 0. The van der Waals surface area contributed by atoms with Crippen LogP contribution in [0.15, 0.2) is 54.6 Å². The van der Waals surface area contributed by atoms with E-state index in [9.17, 15) is 5.21 Å². The van der Waals surface area contributed by atoms with Gasteiger partial charge in [0.05, 0.1) is 10.6 Å². The third-order valence-corrected chi connectivity index (χ3v) is 2.52. The maximum Gasteiger partial charge on any atom is 0.216 e. The Morgan fingerprint density at radius 3 is 2.25 bits per heavy atom. The summed E-state index contributed by atoms with van der Waals surface area (Å²) in [6.07, 6.45) is 1.47. The molecule has 0 heterocycles. The number of benzene rings is 2. The van der Waals surface area contributed by atoms with Crippen molar-refractivity contribution in [3.8, 4) is 0 Å². The zero-order valence-corrected chi connectivity index (χ0v) is 9.26. The van der Waals surface area contributed by atoms with Crippen molar-refractivity contribution in [2.24, 2.45) is 0 Å². The second-order valence-electron chi connectivity index (χ2n) is 3.31. The van der Waals surface area contributed by atoms with E-state index in [0.717, 1.165) is 4.74 Å². The average molecular weight is 232 g/mol. The molecule has 3 heteroatoms. The number of rotatable bonds is 2. The number of halogens is 1. The molecule has 0 bridgehead atoms. The molecule has 0 fully saturated rings. The zero-order chi connectivity index (χ0) is 11.4. The van der Waals surface area contributed by atoms with Crippen LogP contribution in [0, 0.1) is 5.21 Å². The molecule has 2 aromatic rings. The first-order chi connectivity index (χ1) is 7.77. The Bertz CT molecular complexity index is 508. The second-order valence-corrected chi connectivity index (χ2v) is 3.72. The van der Waals surface area contributed by atoms with E-state index < -0.39 is 0 Å². The van der Waals surface area contributed by atoms with E-state index >= 15 is 0 Å². The first-order valence-corrected chi connectivity index (χ1v) is 5.26. The third kappa shape index (κ3) is 2.41. The Labute approximate surface area is 99.0 Å². The Morgan fingerprint density at radius 2 is 1.56 bits per heavy atom.